The summed E-state index contributed by atoms with van der Waals surface area (Å²) in [6.07, 6.45) is 2.78. The van der Waals surface area contributed by atoms with Crippen LogP contribution in [0.3, 0.4) is 0 Å². The molecule has 3 rings (SSSR count). The normalized spacial score (nSPS) is 19.1. The quantitative estimate of drug-likeness (QED) is 0.869. The van der Waals surface area contributed by atoms with E-state index in [0.29, 0.717) is 12.5 Å². The molecule has 0 amide bonds. The molecule has 1 aromatic heterocycles. The first kappa shape index (κ1) is 14.1. The lowest BCUT2D eigenvalue weighted by Gasteiger charge is -2.16. The smallest absolute Gasteiger partial charge is 0.159 e. The van der Waals surface area contributed by atoms with E-state index in [-0.39, 0.29) is 0 Å². The van der Waals surface area contributed by atoms with E-state index in [2.05, 4.69) is 14.9 Å². The van der Waals surface area contributed by atoms with Crippen molar-refractivity contribution in [2.45, 2.75) is 25.8 Å². The number of halogens is 2. The number of aromatic nitrogens is 2. The average molecular weight is 289 g/mol. The standard InChI is InChI=1S/C16H17F2N3/c1-11-4-6-19-16(20-11)13-5-7-21(10-13)9-12-2-3-14(17)15(18)8-12/h2-4,6,8,13H,5,7,9-10H2,1H3/t13-/m0/s1. The lowest BCUT2D eigenvalue weighted by atomic mass is 10.1. The van der Waals surface area contributed by atoms with Crippen LogP contribution in [0.15, 0.2) is 30.5 Å². The molecule has 110 valence electrons. The minimum Gasteiger partial charge on any atom is -0.298 e. The summed E-state index contributed by atoms with van der Waals surface area (Å²) < 4.78 is 26.2. The van der Waals surface area contributed by atoms with E-state index in [1.165, 1.54) is 12.1 Å². The first-order chi connectivity index (χ1) is 10.1. The van der Waals surface area contributed by atoms with Crippen LogP contribution in [0.2, 0.25) is 0 Å². The van der Waals surface area contributed by atoms with Crippen molar-refractivity contribution in [2.75, 3.05) is 13.1 Å². The van der Waals surface area contributed by atoms with Gasteiger partial charge in [0.2, 0.25) is 0 Å². The van der Waals surface area contributed by atoms with Gasteiger partial charge in [0, 0.05) is 30.9 Å². The van der Waals surface area contributed by atoms with E-state index in [1.807, 2.05) is 13.0 Å². The fourth-order valence-corrected chi connectivity index (χ4v) is 2.75. The molecule has 0 bridgehead atoms. The van der Waals surface area contributed by atoms with E-state index in [4.69, 9.17) is 0 Å². The minimum atomic E-state index is -0.800. The van der Waals surface area contributed by atoms with Crippen LogP contribution in [0.1, 0.15) is 29.4 Å². The largest absolute Gasteiger partial charge is 0.298 e. The highest BCUT2D eigenvalue weighted by molar-refractivity contribution is 5.18. The molecule has 0 unspecified atom stereocenters. The van der Waals surface area contributed by atoms with Crippen LogP contribution < -0.4 is 0 Å². The van der Waals surface area contributed by atoms with Gasteiger partial charge in [0.15, 0.2) is 11.6 Å². The Bertz CT molecular complexity index is 645. The molecule has 0 aliphatic carbocycles. The Kier molecular flexibility index (Phi) is 3.92. The van der Waals surface area contributed by atoms with Crippen LogP contribution in [0.4, 0.5) is 8.78 Å². The Hall–Kier alpha value is -1.88. The second-order valence-electron chi connectivity index (χ2n) is 5.53. The van der Waals surface area contributed by atoms with Crippen LogP contribution in [-0.2, 0) is 6.54 Å². The van der Waals surface area contributed by atoms with Crippen molar-refractivity contribution in [3.05, 3.63) is 59.2 Å². The molecule has 2 heterocycles. The van der Waals surface area contributed by atoms with Crippen molar-refractivity contribution in [1.82, 2.24) is 14.9 Å². The van der Waals surface area contributed by atoms with Gasteiger partial charge in [-0.1, -0.05) is 6.07 Å². The van der Waals surface area contributed by atoms with Gasteiger partial charge in [0.1, 0.15) is 5.82 Å². The highest BCUT2D eigenvalue weighted by Crippen LogP contribution is 2.26. The Labute approximate surface area is 122 Å². The Balaban J connectivity index is 1.65. The summed E-state index contributed by atoms with van der Waals surface area (Å²) in [5.41, 5.74) is 1.76. The molecular formula is C16H17F2N3. The van der Waals surface area contributed by atoms with Gasteiger partial charge < -0.3 is 0 Å². The first-order valence-electron chi connectivity index (χ1n) is 7.07. The molecule has 1 aromatic carbocycles. The fourth-order valence-electron chi connectivity index (χ4n) is 2.75. The third-order valence-electron chi connectivity index (χ3n) is 3.84. The summed E-state index contributed by atoms with van der Waals surface area (Å²) in [6, 6.07) is 5.97. The van der Waals surface area contributed by atoms with Crippen molar-refractivity contribution in [3.63, 3.8) is 0 Å². The SMILES string of the molecule is Cc1ccnc([C@H]2CCN(Cc3ccc(F)c(F)c3)C2)n1. The number of hydrogen-bond donors (Lipinski definition) is 0. The second-order valence-corrected chi connectivity index (χ2v) is 5.53. The van der Waals surface area contributed by atoms with Crippen molar-refractivity contribution in [3.8, 4) is 0 Å². The van der Waals surface area contributed by atoms with Gasteiger partial charge >= 0.3 is 0 Å². The second kappa shape index (κ2) is 5.85. The van der Waals surface area contributed by atoms with E-state index < -0.39 is 11.6 Å². The summed E-state index contributed by atoms with van der Waals surface area (Å²) >= 11 is 0. The van der Waals surface area contributed by atoms with Crippen molar-refractivity contribution in [1.29, 1.82) is 0 Å². The molecule has 3 nitrogen and oxygen atoms in total. The fraction of sp³-hybridized carbons (Fsp3) is 0.375. The zero-order valence-electron chi connectivity index (χ0n) is 11.9. The van der Waals surface area contributed by atoms with Crippen LogP contribution in [-0.4, -0.2) is 28.0 Å². The van der Waals surface area contributed by atoms with Gasteiger partial charge in [0.05, 0.1) is 0 Å². The first-order valence-corrected chi connectivity index (χ1v) is 7.07. The summed E-state index contributed by atoms with van der Waals surface area (Å²) in [6.45, 7) is 4.35. The molecule has 0 spiro atoms. The maximum Gasteiger partial charge on any atom is 0.159 e. The number of aryl methyl sites for hydroxylation is 1. The summed E-state index contributed by atoms with van der Waals surface area (Å²) in [7, 11) is 0. The number of nitrogens with zero attached hydrogens (tertiary/aromatic N) is 3. The van der Waals surface area contributed by atoms with Gasteiger partial charge in [0.25, 0.3) is 0 Å². The van der Waals surface area contributed by atoms with Crippen molar-refractivity contribution in [2.24, 2.45) is 0 Å². The molecule has 1 atom stereocenters. The summed E-state index contributed by atoms with van der Waals surface area (Å²) in [4.78, 5) is 11.0. The Morgan fingerprint density at radius 2 is 2.10 bits per heavy atom. The number of rotatable bonds is 3. The lowest BCUT2D eigenvalue weighted by Crippen LogP contribution is -2.20. The number of likely N-dealkylation sites (tertiary alicyclic amines) is 1. The summed E-state index contributed by atoms with van der Waals surface area (Å²) in [5.74, 6) is -0.394. The maximum absolute atomic E-state index is 13.2. The van der Waals surface area contributed by atoms with Gasteiger partial charge in [-0.05, 0) is 43.7 Å². The van der Waals surface area contributed by atoms with Gasteiger partial charge in [-0.2, -0.15) is 0 Å². The zero-order valence-corrected chi connectivity index (χ0v) is 11.9. The maximum atomic E-state index is 13.2. The van der Waals surface area contributed by atoms with Gasteiger partial charge in [-0.25, -0.2) is 18.7 Å². The van der Waals surface area contributed by atoms with Crippen LogP contribution >= 0.6 is 0 Å². The van der Waals surface area contributed by atoms with E-state index in [0.717, 1.165) is 36.6 Å². The minimum absolute atomic E-state index is 0.315. The van der Waals surface area contributed by atoms with E-state index >= 15 is 0 Å². The average Bonchev–Trinajstić information content (AvgIpc) is 2.91. The van der Waals surface area contributed by atoms with Gasteiger partial charge in [-0.3, -0.25) is 4.90 Å². The molecule has 1 aliphatic heterocycles. The monoisotopic (exact) mass is 289 g/mol. The molecule has 5 heteroatoms. The predicted octanol–water partition coefficient (Wildman–Crippen LogP) is 3.05. The third kappa shape index (κ3) is 3.24. The highest BCUT2D eigenvalue weighted by Gasteiger charge is 2.26. The number of hydrogen-bond acceptors (Lipinski definition) is 3. The topological polar surface area (TPSA) is 29.0 Å². The van der Waals surface area contributed by atoms with Gasteiger partial charge in [-0.15, -0.1) is 0 Å². The molecule has 21 heavy (non-hydrogen) atoms. The summed E-state index contributed by atoms with van der Waals surface area (Å²) in [5, 5.41) is 0. The highest BCUT2D eigenvalue weighted by atomic mass is 19.2. The predicted molar refractivity (Wildman–Crippen MR) is 75.8 cm³/mol. The Morgan fingerprint density at radius 1 is 1.24 bits per heavy atom. The van der Waals surface area contributed by atoms with Crippen LogP contribution in [0, 0.1) is 18.6 Å². The van der Waals surface area contributed by atoms with Crippen LogP contribution in [0.25, 0.3) is 0 Å². The molecule has 0 N–H and O–H groups in total. The molecule has 1 fully saturated rings. The third-order valence-corrected chi connectivity index (χ3v) is 3.84. The molecule has 1 aliphatic rings. The zero-order chi connectivity index (χ0) is 14.8. The molecule has 2 aromatic rings. The molecule has 0 radical (unpaired) electrons. The molecule has 0 saturated carbocycles. The molecular weight excluding hydrogens is 272 g/mol. The van der Waals surface area contributed by atoms with Crippen molar-refractivity contribution < 1.29 is 8.78 Å². The molecule has 1 saturated heterocycles. The van der Waals surface area contributed by atoms with Crippen molar-refractivity contribution >= 4 is 0 Å². The van der Waals surface area contributed by atoms with E-state index in [9.17, 15) is 8.78 Å². The lowest BCUT2D eigenvalue weighted by molar-refractivity contribution is 0.324. The van der Waals surface area contributed by atoms with E-state index in [1.54, 1.807) is 12.3 Å². The number of benzene rings is 1. The Morgan fingerprint density at radius 3 is 2.86 bits per heavy atom. The van der Waals surface area contributed by atoms with Crippen LogP contribution in [0.5, 0.6) is 0 Å².